The molecule has 0 spiro atoms. The number of rotatable bonds is 13. The molecule has 31 heavy (non-hydrogen) atoms. The summed E-state index contributed by atoms with van der Waals surface area (Å²) < 4.78 is 12.3. The van der Waals surface area contributed by atoms with Crippen LogP contribution in [-0.2, 0) is 13.2 Å². The molecule has 1 N–H and O–H groups in total. The van der Waals surface area contributed by atoms with Gasteiger partial charge in [0.1, 0.15) is 24.7 Å². The standard InChI is InChI=1S/C28H35NO2/c1-3-4-5-12-17-29-23(2)26-18-27(30-21-24-13-8-6-9-14-24)20-28(19-26)31-22-25-15-10-7-11-16-25/h6-11,13-16,18-20,23,29H,3-5,12,17,21-22H2,1-2H3. The van der Waals surface area contributed by atoms with Gasteiger partial charge in [0.05, 0.1) is 0 Å². The molecule has 0 heterocycles. The number of unbranched alkanes of at least 4 members (excludes halogenated alkanes) is 3. The second-order valence-corrected chi connectivity index (χ2v) is 8.02. The van der Waals surface area contributed by atoms with E-state index in [1.54, 1.807) is 0 Å². The Balaban J connectivity index is 1.67. The number of nitrogens with one attached hydrogen (secondary N) is 1. The summed E-state index contributed by atoms with van der Waals surface area (Å²) in [6.45, 7) is 6.56. The molecule has 0 amide bonds. The van der Waals surface area contributed by atoms with Crippen LogP contribution in [0.5, 0.6) is 11.5 Å². The van der Waals surface area contributed by atoms with Crippen molar-refractivity contribution in [1.29, 1.82) is 0 Å². The van der Waals surface area contributed by atoms with E-state index in [9.17, 15) is 0 Å². The largest absolute Gasteiger partial charge is 0.489 e. The Hall–Kier alpha value is -2.78. The first-order valence-electron chi connectivity index (χ1n) is 11.5. The quantitative estimate of drug-likeness (QED) is 0.302. The summed E-state index contributed by atoms with van der Waals surface area (Å²) >= 11 is 0. The predicted octanol–water partition coefficient (Wildman–Crippen LogP) is 7.08. The Morgan fingerprint density at radius 2 is 1.26 bits per heavy atom. The summed E-state index contributed by atoms with van der Waals surface area (Å²) in [5.74, 6) is 1.67. The van der Waals surface area contributed by atoms with Crippen LogP contribution in [0.25, 0.3) is 0 Å². The number of hydrogen-bond donors (Lipinski definition) is 1. The molecule has 0 saturated carbocycles. The first kappa shape index (κ1) is 22.9. The van der Waals surface area contributed by atoms with E-state index in [2.05, 4.69) is 55.6 Å². The molecule has 1 atom stereocenters. The fraction of sp³-hybridized carbons (Fsp3) is 0.357. The zero-order chi connectivity index (χ0) is 21.7. The van der Waals surface area contributed by atoms with Crippen molar-refractivity contribution in [2.45, 2.75) is 58.8 Å². The molecule has 0 radical (unpaired) electrons. The van der Waals surface area contributed by atoms with Gasteiger partial charge in [0.15, 0.2) is 0 Å². The smallest absolute Gasteiger partial charge is 0.123 e. The monoisotopic (exact) mass is 417 g/mol. The van der Waals surface area contributed by atoms with Crippen molar-refractivity contribution in [3.8, 4) is 11.5 Å². The van der Waals surface area contributed by atoms with Crippen molar-refractivity contribution in [2.24, 2.45) is 0 Å². The normalized spacial score (nSPS) is 11.8. The second-order valence-electron chi connectivity index (χ2n) is 8.02. The van der Waals surface area contributed by atoms with Gasteiger partial charge in [0.25, 0.3) is 0 Å². The lowest BCUT2D eigenvalue weighted by Crippen LogP contribution is -2.20. The third-order valence-electron chi connectivity index (χ3n) is 5.38. The van der Waals surface area contributed by atoms with Crippen molar-refractivity contribution in [2.75, 3.05) is 6.54 Å². The van der Waals surface area contributed by atoms with Gasteiger partial charge in [-0.2, -0.15) is 0 Å². The Labute approximate surface area is 187 Å². The van der Waals surface area contributed by atoms with Gasteiger partial charge < -0.3 is 14.8 Å². The summed E-state index contributed by atoms with van der Waals surface area (Å²) in [4.78, 5) is 0. The van der Waals surface area contributed by atoms with Crippen molar-refractivity contribution in [1.82, 2.24) is 5.32 Å². The molecule has 0 aromatic heterocycles. The SMILES string of the molecule is CCCCCCNC(C)c1cc(OCc2ccccc2)cc(OCc2ccccc2)c1. The van der Waals surface area contributed by atoms with Gasteiger partial charge in [-0.25, -0.2) is 0 Å². The molecule has 0 aliphatic heterocycles. The van der Waals surface area contributed by atoms with E-state index < -0.39 is 0 Å². The lowest BCUT2D eigenvalue weighted by molar-refractivity contribution is 0.289. The minimum atomic E-state index is 0.237. The highest BCUT2D eigenvalue weighted by Gasteiger charge is 2.10. The van der Waals surface area contributed by atoms with Crippen LogP contribution in [0.1, 0.15) is 62.3 Å². The maximum absolute atomic E-state index is 6.13. The lowest BCUT2D eigenvalue weighted by Gasteiger charge is -2.18. The number of hydrogen-bond acceptors (Lipinski definition) is 3. The first-order valence-corrected chi connectivity index (χ1v) is 11.5. The molecule has 0 aliphatic carbocycles. The maximum Gasteiger partial charge on any atom is 0.123 e. The molecular weight excluding hydrogens is 382 g/mol. The molecule has 3 rings (SSSR count). The van der Waals surface area contributed by atoms with Gasteiger partial charge in [0.2, 0.25) is 0 Å². The predicted molar refractivity (Wildman–Crippen MR) is 129 cm³/mol. The maximum atomic E-state index is 6.13. The summed E-state index contributed by atoms with van der Waals surface area (Å²) in [5.41, 5.74) is 3.49. The molecule has 0 aliphatic rings. The second kappa shape index (κ2) is 12.8. The first-order chi connectivity index (χ1) is 15.2. The average molecular weight is 418 g/mol. The highest BCUT2D eigenvalue weighted by molar-refractivity contribution is 5.40. The van der Waals surface area contributed by atoms with E-state index in [0.29, 0.717) is 13.2 Å². The van der Waals surface area contributed by atoms with Gasteiger partial charge >= 0.3 is 0 Å². The van der Waals surface area contributed by atoms with Crippen molar-refractivity contribution in [3.63, 3.8) is 0 Å². The lowest BCUT2D eigenvalue weighted by atomic mass is 10.1. The van der Waals surface area contributed by atoms with Crippen molar-refractivity contribution >= 4 is 0 Å². The van der Waals surface area contributed by atoms with Gasteiger partial charge in [0, 0.05) is 12.1 Å². The Kier molecular flexibility index (Phi) is 9.46. The van der Waals surface area contributed by atoms with Crippen LogP contribution in [0.4, 0.5) is 0 Å². The van der Waals surface area contributed by atoms with Gasteiger partial charge in [-0.3, -0.25) is 0 Å². The van der Waals surface area contributed by atoms with Crippen LogP contribution < -0.4 is 14.8 Å². The third-order valence-corrected chi connectivity index (χ3v) is 5.38. The zero-order valence-corrected chi connectivity index (χ0v) is 18.8. The van der Waals surface area contributed by atoms with E-state index in [1.807, 2.05) is 42.5 Å². The Bertz CT molecular complexity index is 818. The minimum absolute atomic E-state index is 0.237. The molecule has 0 fully saturated rings. The van der Waals surface area contributed by atoms with Crippen LogP contribution in [0.15, 0.2) is 78.9 Å². The minimum Gasteiger partial charge on any atom is -0.489 e. The average Bonchev–Trinajstić information content (AvgIpc) is 2.82. The van der Waals surface area contributed by atoms with Crippen LogP contribution >= 0.6 is 0 Å². The van der Waals surface area contributed by atoms with Gasteiger partial charge in [-0.15, -0.1) is 0 Å². The summed E-state index contributed by atoms with van der Waals surface area (Å²) in [7, 11) is 0. The van der Waals surface area contributed by atoms with E-state index in [1.165, 1.54) is 31.2 Å². The molecular formula is C28H35NO2. The van der Waals surface area contributed by atoms with Crippen LogP contribution in [0.2, 0.25) is 0 Å². The fourth-order valence-corrected chi connectivity index (χ4v) is 3.48. The molecule has 0 saturated heterocycles. The summed E-state index contributed by atoms with van der Waals surface area (Å²) in [6.07, 6.45) is 5.05. The van der Waals surface area contributed by atoms with Crippen LogP contribution in [0.3, 0.4) is 0 Å². The molecule has 0 bridgehead atoms. The topological polar surface area (TPSA) is 30.5 Å². The summed E-state index contributed by atoms with van der Waals surface area (Å²) in [5, 5.41) is 3.65. The Morgan fingerprint density at radius 1 is 0.710 bits per heavy atom. The molecule has 3 aromatic rings. The van der Waals surface area contributed by atoms with E-state index >= 15 is 0 Å². The van der Waals surface area contributed by atoms with Crippen LogP contribution in [0, 0.1) is 0 Å². The van der Waals surface area contributed by atoms with Crippen molar-refractivity contribution < 1.29 is 9.47 Å². The Morgan fingerprint density at radius 3 is 1.77 bits per heavy atom. The molecule has 3 heteroatoms. The molecule has 1 unspecified atom stereocenters. The van der Waals surface area contributed by atoms with E-state index in [0.717, 1.165) is 29.2 Å². The third kappa shape index (κ3) is 8.10. The van der Waals surface area contributed by atoms with Gasteiger partial charge in [-0.1, -0.05) is 86.8 Å². The zero-order valence-electron chi connectivity index (χ0n) is 18.8. The molecule has 3 aromatic carbocycles. The molecule has 3 nitrogen and oxygen atoms in total. The van der Waals surface area contributed by atoms with E-state index in [-0.39, 0.29) is 6.04 Å². The van der Waals surface area contributed by atoms with Crippen molar-refractivity contribution in [3.05, 3.63) is 95.6 Å². The number of benzene rings is 3. The van der Waals surface area contributed by atoms with E-state index in [4.69, 9.17) is 9.47 Å². The highest BCUT2D eigenvalue weighted by Crippen LogP contribution is 2.28. The fourth-order valence-electron chi connectivity index (χ4n) is 3.48. The van der Waals surface area contributed by atoms with Gasteiger partial charge in [-0.05, 0) is 48.7 Å². The summed E-state index contributed by atoms with van der Waals surface area (Å²) in [6, 6.07) is 27.0. The highest BCUT2D eigenvalue weighted by atomic mass is 16.5. The van der Waals surface area contributed by atoms with Crippen LogP contribution in [-0.4, -0.2) is 6.54 Å². The molecule has 164 valence electrons. The number of ether oxygens (including phenoxy) is 2.